The molecule has 2 aromatic carbocycles. The van der Waals surface area contributed by atoms with E-state index in [2.05, 4.69) is 10.6 Å². The van der Waals surface area contributed by atoms with Crippen molar-refractivity contribution in [1.82, 2.24) is 9.62 Å². The number of sulfonamides is 1. The van der Waals surface area contributed by atoms with Gasteiger partial charge < -0.3 is 10.6 Å². The molecule has 0 aliphatic carbocycles. The van der Waals surface area contributed by atoms with Crippen LogP contribution in [0.4, 0.5) is 10.1 Å². The molecule has 0 heterocycles. The lowest BCUT2D eigenvalue weighted by Crippen LogP contribution is -2.39. The molecule has 9 heteroatoms. The van der Waals surface area contributed by atoms with Gasteiger partial charge in [0.15, 0.2) is 0 Å². The minimum Gasteiger partial charge on any atom is -0.382 e. The zero-order chi connectivity index (χ0) is 21.6. The van der Waals surface area contributed by atoms with Crippen molar-refractivity contribution < 1.29 is 17.6 Å². The van der Waals surface area contributed by atoms with Gasteiger partial charge in [0.05, 0.1) is 17.1 Å². The highest BCUT2D eigenvalue weighted by molar-refractivity contribution is 7.89. The van der Waals surface area contributed by atoms with Crippen LogP contribution in [0, 0.1) is 31.0 Å². The third kappa shape index (κ3) is 5.53. The molecule has 0 aromatic heterocycles. The van der Waals surface area contributed by atoms with Gasteiger partial charge in [0.1, 0.15) is 17.4 Å². The second kappa shape index (κ2) is 9.49. The average Bonchev–Trinajstić information content (AvgIpc) is 2.67. The summed E-state index contributed by atoms with van der Waals surface area (Å²) in [6.45, 7) is 3.80. The van der Waals surface area contributed by atoms with E-state index in [1.165, 1.54) is 25.2 Å². The predicted molar refractivity (Wildman–Crippen MR) is 108 cm³/mol. The van der Waals surface area contributed by atoms with Crippen LogP contribution in [0.3, 0.4) is 0 Å². The molecule has 0 aliphatic heterocycles. The van der Waals surface area contributed by atoms with Crippen LogP contribution in [0.2, 0.25) is 0 Å². The number of anilines is 1. The van der Waals surface area contributed by atoms with Gasteiger partial charge in [0, 0.05) is 20.1 Å². The van der Waals surface area contributed by atoms with Crippen LogP contribution in [-0.4, -0.2) is 45.3 Å². The molecule has 2 aromatic rings. The number of amides is 1. The quantitative estimate of drug-likeness (QED) is 0.640. The van der Waals surface area contributed by atoms with E-state index >= 15 is 0 Å². The minimum absolute atomic E-state index is 0.0990. The van der Waals surface area contributed by atoms with Crippen LogP contribution >= 0.6 is 0 Å². The standard InChI is InChI=1S/C20H23FN4O3S/c1-14-7-8-16(11-15(14)2)29(27,28)25(3)13-20(26)24-10-9-23-19-6-4-5-18(21)17(19)12-22/h4-8,11,23H,9-10,13H2,1-3H3,(H,24,26). The molecular weight excluding hydrogens is 395 g/mol. The number of halogens is 1. The van der Waals surface area contributed by atoms with E-state index in [1.54, 1.807) is 24.3 Å². The second-order valence-electron chi connectivity index (χ2n) is 6.56. The first kappa shape index (κ1) is 22.3. The first-order chi connectivity index (χ1) is 13.7. The first-order valence-corrected chi connectivity index (χ1v) is 10.3. The molecule has 2 rings (SSSR count). The number of hydrogen-bond donors (Lipinski definition) is 2. The molecule has 1 amide bonds. The third-order valence-corrected chi connectivity index (χ3v) is 6.24. The van der Waals surface area contributed by atoms with Gasteiger partial charge in [-0.05, 0) is 49.2 Å². The summed E-state index contributed by atoms with van der Waals surface area (Å²) in [5.74, 6) is -1.10. The Kier molecular flexibility index (Phi) is 7.31. The summed E-state index contributed by atoms with van der Waals surface area (Å²) in [5, 5.41) is 14.5. The number of hydrogen-bond acceptors (Lipinski definition) is 5. The molecule has 154 valence electrons. The molecule has 0 fully saturated rings. The van der Waals surface area contributed by atoms with Gasteiger partial charge in [-0.2, -0.15) is 9.57 Å². The summed E-state index contributed by atoms with van der Waals surface area (Å²) in [5.41, 5.74) is 2.06. The third-order valence-electron chi connectivity index (χ3n) is 4.44. The van der Waals surface area contributed by atoms with Crippen LogP contribution in [-0.2, 0) is 14.8 Å². The highest BCUT2D eigenvalue weighted by Crippen LogP contribution is 2.18. The highest BCUT2D eigenvalue weighted by Gasteiger charge is 2.23. The first-order valence-electron chi connectivity index (χ1n) is 8.89. The van der Waals surface area contributed by atoms with Gasteiger partial charge in [0.2, 0.25) is 15.9 Å². The molecule has 0 saturated carbocycles. The molecule has 0 radical (unpaired) electrons. The normalized spacial score (nSPS) is 11.2. The Labute approximate surface area is 170 Å². The van der Waals surface area contributed by atoms with Crippen LogP contribution in [0.5, 0.6) is 0 Å². The minimum atomic E-state index is -3.78. The highest BCUT2D eigenvalue weighted by atomic mass is 32.2. The van der Waals surface area contributed by atoms with Crippen molar-refractivity contribution in [3.05, 3.63) is 58.9 Å². The Morgan fingerprint density at radius 3 is 2.55 bits per heavy atom. The van der Waals surface area contributed by atoms with Gasteiger partial charge in [-0.1, -0.05) is 12.1 Å². The molecule has 0 saturated heterocycles. The van der Waals surface area contributed by atoms with Crippen molar-refractivity contribution in [1.29, 1.82) is 5.26 Å². The number of nitriles is 1. The number of nitrogens with one attached hydrogen (secondary N) is 2. The zero-order valence-corrected chi connectivity index (χ0v) is 17.3. The Balaban J connectivity index is 1.88. The number of rotatable bonds is 8. The van der Waals surface area contributed by atoms with Gasteiger partial charge >= 0.3 is 0 Å². The van der Waals surface area contributed by atoms with Crippen molar-refractivity contribution in [2.45, 2.75) is 18.7 Å². The van der Waals surface area contributed by atoms with E-state index in [0.717, 1.165) is 15.4 Å². The van der Waals surface area contributed by atoms with Crippen LogP contribution in [0.15, 0.2) is 41.3 Å². The fourth-order valence-corrected chi connectivity index (χ4v) is 3.79. The van der Waals surface area contributed by atoms with Crippen molar-refractivity contribution in [2.75, 3.05) is 32.0 Å². The van der Waals surface area contributed by atoms with E-state index in [0.29, 0.717) is 5.69 Å². The van der Waals surface area contributed by atoms with E-state index < -0.39 is 21.7 Å². The summed E-state index contributed by atoms with van der Waals surface area (Å²) in [7, 11) is -2.44. The molecule has 0 bridgehead atoms. The van der Waals surface area contributed by atoms with E-state index in [9.17, 15) is 17.6 Å². The monoisotopic (exact) mass is 418 g/mol. The van der Waals surface area contributed by atoms with Crippen molar-refractivity contribution in [3.63, 3.8) is 0 Å². The Hall–Kier alpha value is -2.96. The molecule has 0 spiro atoms. The molecule has 0 atom stereocenters. The summed E-state index contributed by atoms with van der Waals surface area (Å²) in [6, 6.07) is 10.8. The molecule has 7 nitrogen and oxygen atoms in total. The van der Waals surface area contributed by atoms with Gasteiger partial charge in [0.25, 0.3) is 0 Å². The summed E-state index contributed by atoms with van der Waals surface area (Å²) in [6.07, 6.45) is 0. The van der Waals surface area contributed by atoms with Gasteiger partial charge in [-0.25, -0.2) is 12.8 Å². The van der Waals surface area contributed by atoms with Crippen molar-refractivity contribution >= 4 is 21.6 Å². The maximum atomic E-state index is 13.5. The van der Waals surface area contributed by atoms with Gasteiger partial charge in [-0.15, -0.1) is 0 Å². The fourth-order valence-electron chi connectivity index (χ4n) is 2.58. The van der Waals surface area contributed by atoms with Crippen molar-refractivity contribution in [2.24, 2.45) is 0 Å². The Morgan fingerprint density at radius 1 is 1.17 bits per heavy atom. The number of nitrogens with zero attached hydrogens (tertiary/aromatic N) is 2. The second-order valence-corrected chi connectivity index (χ2v) is 8.60. The number of carbonyl (C=O) groups excluding carboxylic acids is 1. The average molecular weight is 418 g/mol. The molecule has 2 N–H and O–H groups in total. The Bertz CT molecular complexity index is 1050. The van der Waals surface area contributed by atoms with E-state index in [-0.39, 0.29) is 30.1 Å². The molecule has 29 heavy (non-hydrogen) atoms. The fraction of sp³-hybridized carbons (Fsp3) is 0.300. The van der Waals surface area contributed by atoms with Crippen LogP contribution in [0.25, 0.3) is 0 Å². The molecule has 0 unspecified atom stereocenters. The molecule has 0 aliphatic rings. The topological polar surface area (TPSA) is 102 Å². The maximum absolute atomic E-state index is 13.5. The summed E-state index contributed by atoms with van der Waals surface area (Å²) in [4.78, 5) is 12.2. The maximum Gasteiger partial charge on any atom is 0.243 e. The van der Waals surface area contributed by atoms with Gasteiger partial charge in [-0.3, -0.25) is 4.79 Å². The lowest BCUT2D eigenvalue weighted by atomic mass is 10.1. The number of carbonyl (C=O) groups is 1. The molecular formula is C20H23FN4O3S. The summed E-state index contributed by atoms with van der Waals surface area (Å²) >= 11 is 0. The van der Waals surface area contributed by atoms with Crippen LogP contribution < -0.4 is 10.6 Å². The lowest BCUT2D eigenvalue weighted by molar-refractivity contribution is -0.121. The summed E-state index contributed by atoms with van der Waals surface area (Å²) < 4.78 is 39.8. The number of aryl methyl sites for hydroxylation is 2. The predicted octanol–water partition coefficient (Wildman–Crippen LogP) is 2.16. The van der Waals surface area contributed by atoms with Crippen molar-refractivity contribution in [3.8, 4) is 6.07 Å². The van der Waals surface area contributed by atoms with Crippen LogP contribution in [0.1, 0.15) is 16.7 Å². The largest absolute Gasteiger partial charge is 0.382 e. The number of benzene rings is 2. The van der Waals surface area contributed by atoms with E-state index in [1.807, 2.05) is 13.8 Å². The Morgan fingerprint density at radius 2 is 1.90 bits per heavy atom. The SMILES string of the molecule is Cc1ccc(S(=O)(=O)N(C)CC(=O)NCCNc2cccc(F)c2C#N)cc1C. The zero-order valence-electron chi connectivity index (χ0n) is 16.5. The smallest absolute Gasteiger partial charge is 0.243 e. The van der Waals surface area contributed by atoms with E-state index in [4.69, 9.17) is 5.26 Å². The lowest BCUT2D eigenvalue weighted by Gasteiger charge is -2.18. The number of likely N-dealkylation sites (N-methyl/N-ethyl adjacent to an activating group) is 1.